The molecule has 0 fully saturated rings. The van der Waals surface area contributed by atoms with Crippen LogP contribution in [0.1, 0.15) is 45.9 Å². The summed E-state index contributed by atoms with van der Waals surface area (Å²) < 4.78 is 4.32. The molecule has 0 bridgehead atoms. The molecule has 1 heterocycles. The van der Waals surface area contributed by atoms with E-state index in [1.165, 1.54) is 11.5 Å². The molecule has 5 heteroatoms. The Morgan fingerprint density at radius 2 is 2.19 bits per heavy atom. The van der Waals surface area contributed by atoms with Gasteiger partial charge < -0.3 is 11.1 Å². The Hall–Kier alpha value is -0.680. The molecule has 0 aliphatic carbocycles. The lowest BCUT2D eigenvalue weighted by Gasteiger charge is -2.28. The molecule has 0 aromatic carbocycles. The largest absolute Gasteiger partial charge is 0.355 e. The molecule has 0 amide bonds. The molecule has 4 nitrogen and oxygen atoms in total. The summed E-state index contributed by atoms with van der Waals surface area (Å²) >= 11 is 1.44. The van der Waals surface area contributed by atoms with E-state index in [2.05, 4.69) is 35.4 Å². The van der Waals surface area contributed by atoms with Gasteiger partial charge in [-0.25, -0.2) is 4.98 Å². The van der Waals surface area contributed by atoms with Gasteiger partial charge in [-0.1, -0.05) is 13.8 Å². The zero-order valence-electron chi connectivity index (χ0n) is 10.4. The van der Waals surface area contributed by atoms with Crippen molar-refractivity contribution in [1.29, 1.82) is 0 Å². The Bertz CT molecular complexity index is 313. The molecule has 3 N–H and O–H groups in total. The van der Waals surface area contributed by atoms with Gasteiger partial charge in [0, 0.05) is 23.5 Å². The highest BCUT2D eigenvalue weighted by Crippen LogP contribution is 2.22. The second-order valence-corrected chi connectivity index (χ2v) is 5.10. The highest BCUT2D eigenvalue weighted by molar-refractivity contribution is 7.09. The molecule has 1 aromatic heterocycles. The Morgan fingerprint density at radius 3 is 2.75 bits per heavy atom. The molecule has 0 spiro atoms. The van der Waals surface area contributed by atoms with E-state index in [1.807, 2.05) is 0 Å². The monoisotopic (exact) mass is 242 g/mol. The third kappa shape index (κ3) is 3.72. The van der Waals surface area contributed by atoms with E-state index in [0.717, 1.165) is 36.6 Å². The molecule has 1 unspecified atom stereocenters. The van der Waals surface area contributed by atoms with Crippen LogP contribution in [-0.2, 0) is 6.42 Å². The van der Waals surface area contributed by atoms with Gasteiger partial charge in [-0.15, -0.1) is 0 Å². The fourth-order valence-corrected chi connectivity index (χ4v) is 2.30. The first kappa shape index (κ1) is 13.4. The van der Waals surface area contributed by atoms with Gasteiger partial charge in [-0.2, -0.15) is 4.37 Å². The first-order valence-electron chi connectivity index (χ1n) is 5.94. The van der Waals surface area contributed by atoms with Gasteiger partial charge in [0.1, 0.15) is 5.82 Å². The molecule has 0 radical (unpaired) electrons. The number of nitrogens with zero attached hydrogens (tertiary/aromatic N) is 2. The van der Waals surface area contributed by atoms with Crippen LogP contribution in [0.5, 0.6) is 0 Å². The van der Waals surface area contributed by atoms with Crippen LogP contribution in [0.25, 0.3) is 0 Å². The van der Waals surface area contributed by atoms with Crippen LogP contribution in [0.4, 0.5) is 5.13 Å². The molecule has 0 aliphatic heterocycles. The minimum atomic E-state index is 0.0395. The predicted molar refractivity (Wildman–Crippen MR) is 69.9 cm³/mol. The van der Waals surface area contributed by atoms with Crippen LogP contribution >= 0.6 is 11.5 Å². The number of nitrogens with two attached hydrogens (primary N) is 1. The van der Waals surface area contributed by atoms with Gasteiger partial charge in [-0.3, -0.25) is 0 Å². The zero-order chi connectivity index (χ0) is 12.0. The lowest BCUT2D eigenvalue weighted by Crippen LogP contribution is -2.36. The fourth-order valence-electron chi connectivity index (χ4n) is 1.53. The van der Waals surface area contributed by atoms with E-state index in [9.17, 15) is 0 Å². The van der Waals surface area contributed by atoms with Crippen molar-refractivity contribution in [2.24, 2.45) is 5.73 Å². The number of aromatic nitrogens is 2. The third-order valence-corrected chi connectivity index (χ3v) is 3.50. The summed E-state index contributed by atoms with van der Waals surface area (Å²) in [4.78, 5) is 4.47. The summed E-state index contributed by atoms with van der Waals surface area (Å²) in [6, 6.07) is 0. The number of anilines is 1. The lowest BCUT2D eigenvalue weighted by molar-refractivity contribution is 0.463. The predicted octanol–water partition coefficient (Wildman–Crippen LogP) is 2.42. The summed E-state index contributed by atoms with van der Waals surface area (Å²) in [5.74, 6) is 0.946. The molecule has 16 heavy (non-hydrogen) atoms. The van der Waals surface area contributed by atoms with Crippen molar-refractivity contribution < 1.29 is 0 Å². The van der Waals surface area contributed by atoms with E-state index in [0.29, 0.717) is 6.54 Å². The number of rotatable bonds is 7. The number of aryl methyl sites for hydroxylation is 1. The van der Waals surface area contributed by atoms with E-state index in [1.54, 1.807) is 0 Å². The van der Waals surface area contributed by atoms with Crippen molar-refractivity contribution in [1.82, 2.24) is 9.36 Å². The van der Waals surface area contributed by atoms with Crippen molar-refractivity contribution in [3.63, 3.8) is 0 Å². The minimum absolute atomic E-state index is 0.0395. The first-order chi connectivity index (χ1) is 7.63. The van der Waals surface area contributed by atoms with E-state index < -0.39 is 0 Å². The zero-order valence-corrected chi connectivity index (χ0v) is 11.2. The number of hydrogen-bond donors (Lipinski definition) is 2. The van der Waals surface area contributed by atoms with Crippen molar-refractivity contribution in [2.75, 3.05) is 11.9 Å². The second kappa shape index (κ2) is 6.15. The summed E-state index contributed by atoms with van der Waals surface area (Å²) in [6.07, 6.45) is 4.03. The molecule has 0 saturated carbocycles. The van der Waals surface area contributed by atoms with Crippen molar-refractivity contribution in [2.45, 2.75) is 52.0 Å². The highest BCUT2D eigenvalue weighted by Gasteiger charge is 2.22. The van der Waals surface area contributed by atoms with Crippen LogP contribution in [0.15, 0.2) is 0 Å². The second-order valence-electron chi connectivity index (χ2n) is 4.34. The van der Waals surface area contributed by atoms with Gasteiger partial charge in [0.15, 0.2) is 0 Å². The van der Waals surface area contributed by atoms with Crippen LogP contribution in [0, 0.1) is 0 Å². The minimum Gasteiger partial charge on any atom is -0.355 e. The smallest absolute Gasteiger partial charge is 0.202 e. The van der Waals surface area contributed by atoms with Crippen LogP contribution in [0.2, 0.25) is 0 Å². The summed E-state index contributed by atoms with van der Waals surface area (Å²) in [7, 11) is 0. The quantitative estimate of drug-likeness (QED) is 0.770. The van der Waals surface area contributed by atoms with Crippen molar-refractivity contribution in [3.05, 3.63) is 5.82 Å². The number of hydrogen-bond acceptors (Lipinski definition) is 5. The lowest BCUT2D eigenvalue weighted by atomic mass is 9.95. The molecule has 1 atom stereocenters. The summed E-state index contributed by atoms with van der Waals surface area (Å²) in [5, 5.41) is 4.37. The standard InChI is InChI=1S/C11H22N4S/c1-4-6-9-13-10(16-15-9)14-11(3,5-2)7-8-12/h4-8,12H2,1-3H3,(H,13,14,15). The van der Waals surface area contributed by atoms with Gasteiger partial charge in [0.2, 0.25) is 5.13 Å². The van der Waals surface area contributed by atoms with E-state index in [4.69, 9.17) is 5.73 Å². The maximum atomic E-state index is 5.62. The Labute approximate surface area is 102 Å². The topological polar surface area (TPSA) is 63.8 Å². The molecule has 1 aromatic rings. The fraction of sp³-hybridized carbons (Fsp3) is 0.818. The van der Waals surface area contributed by atoms with Gasteiger partial charge in [-0.05, 0) is 32.7 Å². The molecular weight excluding hydrogens is 220 g/mol. The summed E-state index contributed by atoms with van der Waals surface area (Å²) in [5.41, 5.74) is 5.66. The Balaban J connectivity index is 2.62. The maximum Gasteiger partial charge on any atom is 0.202 e. The van der Waals surface area contributed by atoms with Gasteiger partial charge >= 0.3 is 0 Å². The average Bonchev–Trinajstić information content (AvgIpc) is 2.66. The van der Waals surface area contributed by atoms with Gasteiger partial charge in [0.05, 0.1) is 0 Å². The average molecular weight is 242 g/mol. The molecule has 92 valence electrons. The van der Waals surface area contributed by atoms with E-state index in [-0.39, 0.29) is 5.54 Å². The third-order valence-electron chi connectivity index (χ3n) is 2.83. The maximum absolute atomic E-state index is 5.62. The number of nitrogens with one attached hydrogen (secondary N) is 1. The highest BCUT2D eigenvalue weighted by atomic mass is 32.1. The molecule has 0 aliphatic rings. The van der Waals surface area contributed by atoms with Crippen molar-refractivity contribution in [3.8, 4) is 0 Å². The van der Waals surface area contributed by atoms with Crippen LogP contribution in [-0.4, -0.2) is 21.4 Å². The van der Waals surface area contributed by atoms with Crippen LogP contribution < -0.4 is 11.1 Å². The first-order valence-corrected chi connectivity index (χ1v) is 6.71. The SMILES string of the molecule is CCCc1nsc(NC(C)(CC)CCN)n1. The summed E-state index contributed by atoms with van der Waals surface area (Å²) in [6.45, 7) is 7.17. The Morgan fingerprint density at radius 1 is 1.44 bits per heavy atom. The Kier molecular flexibility index (Phi) is 5.15. The molecule has 1 rings (SSSR count). The molecular formula is C11H22N4S. The van der Waals surface area contributed by atoms with Crippen molar-refractivity contribution >= 4 is 16.7 Å². The molecule has 0 saturated heterocycles. The van der Waals surface area contributed by atoms with Gasteiger partial charge in [0.25, 0.3) is 0 Å². The normalized spacial score (nSPS) is 14.8. The van der Waals surface area contributed by atoms with E-state index >= 15 is 0 Å². The van der Waals surface area contributed by atoms with Crippen LogP contribution in [0.3, 0.4) is 0 Å².